The maximum Gasteiger partial charge on any atom is 0.322 e. The van der Waals surface area contributed by atoms with E-state index in [1.807, 2.05) is 13.8 Å². The molecule has 2 N–H and O–H groups in total. The van der Waals surface area contributed by atoms with Gasteiger partial charge in [0, 0.05) is 25.7 Å². The Bertz CT molecular complexity index is 246. The lowest BCUT2D eigenvalue weighted by atomic mass is 10.2. The van der Waals surface area contributed by atoms with Crippen molar-refractivity contribution in [2.45, 2.75) is 45.4 Å². The summed E-state index contributed by atoms with van der Waals surface area (Å²) in [6, 6.07) is -0.315. The van der Waals surface area contributed by atoms with Crippen LogP contribution in [0.2, 0.25) is 0 Å². The van der Waals surface area contributed by atoms with Crippen molar-refractivity contribution in [3.8, 4) is 0 Å². The van der Waals surface area contributed by atoms with Crippen LogP contribution in [-0.2, 0) is 9.53 Å². The van der Waals surface area contributed by atoms with Gasteiger partial charge in [0.15, 0.2) is 0 Å². The quantitative estimate of drug-likeness (QED) is 0.714. The number of carboxylic acid groups (broad SMARTS) is 1. The molecule has 0 bridgehead atoms. The van der Waals surface area contributed by atoms with Crippen LogP contribution in [0.5, 0.6) is 0 Å². The van der Waals surface area contributed by atoms with Gasteiger partial charge in [0.2, 0.25) is 0 Å². The number of carbonyl (C=O) groups is 1. The average molecular weight is 244 g/mol. The molecule has 1 heterocycles. The van der Waals surface area contributed by atoms with Gasteiger partial charge in [-0.2, -0.15) is 0 Å². The van der Waals surface area contributed by atoms with Gasteiger partial charge >= 0.3 is 5.97 Å². The minimum Gasteiger partial charge on any atom is -0.480 e. The van der Waals surface area contributed by atoms with Crippen molar-refractivity contribution in [2.24, 2.45) is 0 Å². The van der Waals surface area contributed by atoms with E-state index in [1.54, 1.807) is 0 Å². The van der Waals surface area contributed by atoms with Gasteiger partial charge in [0.1, 0.15) is 6.04 Å². The van der Waals surface area contributed by atoms with Gasteiger partial charge in [-0.05, 0) is 6.42 Å². The summed E-state index contributed by atoms with van der Waals surface area (Å²) in [6.07, 6.45) is 1.23. The molecule has 1 aliphatic heterocycles. The second kappa shape index (κ2) is 6.93. The van der Waals surface area contributed by atoms with Crippen LogP contribution in [0.3, 0.4) is 0 Å². The Morgan fingerprint density at radius 2 is 2.29 bits per heavy atom. The fourth-order valence-corrected chi connectivity index (χ4v) is 2.06. The Hall–Kier alpha value is -0.650. The number of morpholine rings is 1. The molecule has 0 saturated carbocycles. The van der Waals surface area contributed by atoms with E-state index in [0.29, 0.717) is 13.2 Å². The molecule has 1 saturated heterocycles. The van der Waals surface area contributed by atoms with Crippen LogP contribution in [0.15, 0.2) is 0 Å². The summed E-state index contributed by atoms with van der Waals surface area (Å²) >= 11 is 0. The fraction of sp³-hybridized carbons (Fsp3) is 0.917. The average Bonchev–Trinajstić information content (AvgIpc) is 2.27. The van der Waals surface area contributed by atoms with Crippen LogP contribution >= 0.6 is 0 Å². The Morgan fingerprint density at radius 1 is 1.59 bits per heavy atom. The zero-order valence-electron chi connectivity index (χ0n) is 11.0. The number of carboxylic acids is 1. The summed E-state index contributed by atoms with van der Waals surface area (Å²) < 4.78 is 5.57. The number of ether oxygens (including phenoxy) is 1. The second-order valence-corrected chi connectivity index (χ2v) is 4.87. The SMILES string of the molecule is CCC1CN(CC(NC(C)C)C(=O)O)CCO1. The number of hydrogen-bond acceptors (Lipinski definition) is 4. The Kier molecular flexibility index (Phi) is 5.88. The van der Waals surface area contributed by atoms with Crippen molar-refractivity contribution in [2.75, 3.05) is 26.2 Å². The maximum absolute atomic E-state index is 11.1. The summed E-state index contributed by atoms with van der Waals surface area (Å²) in [6.45, 7) is 8.92. The van der Waals surface area contributed by atoms with Crippen molar-refractivity contribution in [3.63, 3.8) is 0 Å². The highest BCUT2D eigenvalue weighted by Crippen LogP contribution is 2.08. The molecule has 2 atom stereocenters. The molecule has 1 rings (SSSR count). The second-order valence-electron chi connectivity index (χ2n) is 4.87. The van der Waals surface area contributed by atoms with E-state index in [0.717, 1.165) is 19.5 Å². The first-order valence-corrected chi connectivity index (χ1v) is 6.35. The largest absolute Gasteiger partial charge is 0.480 e. The lowest BCUT2D eigenvalue weighted by Crippen LogP contribution is -2.52. The van der Waals surface area contributed by atoms with Crippen molar-refractivity contribution >= 4 is 5.97 Å². The highest BCUT2D eigenvalue weighted by atomic mass is 16.5. The standard InChI is InChI=1S/C12H24N2O3/c1-4-10-7-14(5-6-17-10)8-11(12(15)16)13-9(2)3/h9-11,13H,4-8H2,1-3H3,(H,15,16). The number of nitrogens with zero attached hydrogens (tertiary/aromatic N) is 1. The minimum absolute atomic E-state index is 0.180. The summed E-state index contributed by atoms with van der Waals surface area (Å²) in [5, 5.41) is 12.2. The van der Waals surface area contributed by atoms with Crippen LogP contribution in [0, 0.1) is 0 Å². The highest BCUT2D eigenvalue weighted by Gasteiger charge is 2.25. The Morgan fingerprint density at radius 3 is 2.82 bits per heavy atom. The number of hydrogen-bond donors (Lipinski definition) is 2. The molecule has 1 aliphatic rings. The third-order valence-electron chi connectivity index (χ3n) is 2.95. The summed E-state index contributed by atoms with van der Waals surface area (Å²) in [5.41, 5.74) is 0. The highest BCUT2D eigenvalue weighted by molar-refractivity contribution is 5.73. The first-order chi connectivity index (χ1) is 8.02. The molecule has 1 fully saturated rings. The normalized spacial score (nSPS) is 23.9. The molecule has 5 nitrogen and oxygen atoms in total. The first kappa shape index (κ1) is 14.4. The molecule has 0 amide bonds. The molecule has 100 valence electrons. The number of nitrogens with one attached hydrogen (secondary N) is 1. The van der Waals surface area contributed by atoms with Gasteiger partial charge in [-0.1, -0.05) is 20.8 Å². The molecule has 0 spiro atoms. The zero-order chi connectivity index (χ0) is 12.8. The van der Waals surface area contributed by atoms with Gasteiger partial charge in [0.25, 0.3) is 0 Å². The van der Waals surface area contributed by atoms with Crippen molar-refractivity contribution in [1.29, 1.82) is 0 Å². The van der Waals surface area contributed by atoms with E-state index in [2.05, 4.69) is 17.1 Å². The van der Waals surface area contributed by atoms with Gasteiger partial charge in [-0.15, -0.1) is 0 Å². The Balaban J connectivity index is 2.45. The van der Waals surface area contributed by atoms with E-state index in [9.17, 15) is 4.79 Å². The first-order valence-electron chi connectivity index (χ1n) is 6.35. The smallest absolute Gasteiger partial charge is 0.322 e. The van der Waals surface area contributed by atoms with Gasteiger partial charge in [-0.25, -0.2) is 0 Å². The fourth-order valence-electron chi connectivity index (χ4n) is 2.06. The topological polar surface area (TPSA) is 61.8 Å². The van der Waals surface area contributed by atoms with E-state index in [4.69, 9.17) is 9.84 Å². The molecular formula is C12H24N2O3. The van der Waals surface area contributed by atoms with Gasteiger partial charge in [-0.3, -0.25) is 9.69 Å². The third kappa shape index (κ3) is 5.02. The van der Waals surface area contributed by atoms with Crippen molar-refractivity contribution in [3.05, 3.63) is 0 Å². The summed E-state index contributed by atoms with van der Waals surface area (Å²) in [4.78, 5) is 13.3. The van der Waals surface area contributed by atoms with Crippen LogP contribution in [-0.4, -0.2) is 60.4 Å². The molecule has 0 aliphatic carbocycles. The van der Waals surface area contributed by atoms with E-state index < -0.39 is 12.0 Å². The number of rotatable bonds is 6. The van der Waals surface area contributed by atoms with E-state index >= 15 is 0 Å². The Labute approximate surface area is 103 Å². The lowest BCUT2D eigenvalue weighted by Gasteiger charge is -2.34. The van der Waals surface area contributed by atoms with Crippen LogP contribution < -0.4 is 5.32 Å². The van der Waals surface area contributed by atoms with Crippen LogP contribution in [0.4, 0.5) is 0 Å². The molecule has 0 aromatic carbocycles. The summed E-state index contributed by atoms with van der Waals surface area (Å²) in [7, 11) is 0. The summed E-state index contributed by atoms with van der Waals surface area (Å²) in [5.74, 6) is -0.779. The van der Waals surface area contributed by atoms with Crippen LogP contribution in [0.25, 0.3) is 0 Å². The predicted octanol–water partition coefficient (Wildman–Crippen LogP) is 0.548. The van der Waals surface area contributed by atoms with Gasteiger partial charge in [0.05, 0.1) is 12.7 Å². The molecule has 0 aromatic rings. The minimum atomic E-state index is -0.779. The molecular weight excluding hydrogens is 220 g/mol. The molecule has 17 heavy (non-hydrogen) atoms. The third-order valence-corrected chi connectivity index (χ3v) is 2.95. The van der Waals surface area contributed by atoms with E-state index in [1.165, 1.54) is 0 Å². The monoisotopic (exact) mass is 244 g/mol. The van der Waals surface area contributed by atoms with Crippen LogP contribution in [0.1, 0.15) is 27.2 Å². The number of aliphatic carboxylic acids is 1. The molecule has 5 heteroatoms. The maximum atomic E-state index is 11.1. The predicted molar refractivity (Wildman–Crippen MR) is 66.2 cm³/mol. The lowest BCUT2D eigenvalue weighted by molar-refractivity contribution is -0.140. The van der Waals surface area contributed by atoms with Crippen molar-refractivity contribution < 1.29 is 14.6 Å². The molecule has 0 radical (unpaired) electrons. The van der Waals surface area contributed by atoms with Gasteiger partial charge < -0.3 is 15.2 Å². The van der Waals surface area contributed by atoms with Crippen molar-refractivity contribution in [1.82, 2.24) is 10.2 Å². The molecule has 0 aromatic heterocycles. The van der Waals surface area contributed by atoms with E-state index in [-0.39, 0.29) is 12.1 Å². The molecule has 2 unspecified atom stereocenters. The zero-order valence-corrected chi connectivity index (χ0v) is 11.0.